The molecule has 1 saturated carbocycles. The number of tetrazole rings is 1. The molecular formula is C26H23N5O2. The molecule has 0 unspecified atom stereocenters. The van der Waals surface area contributed by atoms with Crippen molar-refractivity contribution >= 4 is 0 Å². The second-order valence-corrected chi connectivity index (χ2v) is 8.38. The third-order valence-corrected chi connectivity index (χ3v) is 6.03. The zero-order valence-corrected chi connectivity index (χ0v) is 18.5. The maximum absolute atomic E-state index is 12.5. The van der Waals surface area contributed by atoms with Crippen LogP contribution in [0.2, 0.25) is 0 Å². The van der Waals surface area contributed by atoms with E-state index >= 15 is 0 Å². The normalized spacial score (nSPS) is 13.0. The molecule has 1 aliphatic carbocycles. The van der Waals surface area contributed by atoms with Crippen molar-refractivity contribution in [1.29, 1.82) is 5.26 Å². The van der Waals surface area contributed by atoms with Crippen LogP contribution in [0.3, 0.4) is 0 Å². The summed E-state index contributed by atoms with van der Waals surface area (Å²) in [6.07, 6.45) is 2.28. The van der Waals surface area contributed by atoms with Crippen LogP contribution in [0.5, 0.6) is 5.75 Å². The summed E-state index contributed by atoms with van der Waals surface area (Å²) in [5, 5.41) is 17.1. The van der Waals surface area contributed by atoms with Gasteiger partial charge in [-0.3, -0.25) is 0 Å². The standard InChI is InChI=1S/C26H23N5O2/c1-17-13-21(20-6-3-5-18(14-20)15-27)11-12-25(17)33-16-23-22(19-9-10-19)7-4-8-24(23)31-26(32)30(2)28-29-31/h3-8,11-14,19H,9-10,16H2,1-2H3. The number of aryl methyl sites for hydroxylation is 2. The highest BCUT2D eigenvalue weighted by Crippen LogP contribution is 2.43. The van der Waals surface area contributed by atoms with Crippen LogP contribution in [0, 0.1) is 18.3 Å². The van der Waals surface area contributed by atoms with E-state index in [1.165, 1.54) is 14.9 Å². The fourth-order valence-electron chi connectivity index (χ4n) is 4.10. The summed E-state index contributed by atoms with van der Waals surface area (Å²) in [7, 11) is 1.59. The SMILES string of the molecule is Cc1cc(-c2cccc(C#N)c2)ccc1OCc1c(C2CC2)cccc1-n1nnn(C)c1=O. The maximum atomic E-state index is 12.5. The van der Waals surface area contributed by atoms with E-state index in [-0.39, 0.29) is 5.69 Å². The Morgan fingerprint density at radius 3 is 2.55 bits per heavy atom. The van der Waals surface area contributed by atoms with Gasteiger partial charge in [0.1, 0.15) is 12.4 Å². The lowest BCUT2D eigenvalue weighted by Crippen LogP contribution is -2.23. The Kier molecular flexibility index (Phi) is 5.27. The minimum atomic E-state index is -0.288. The molecule has 0 N–H and O–H groups in total. The molecule has 3 aromatic carbocycles. The second-order valence-electron chi connectivity index (χ2n) is 8.38. The Morgan fingerprint density at radius 2 is 1.85 bits per heavy atom. The quantitative estimate of drug-likeness (QED) is 0.450. The fraction of sp³-hybridized carbons (Fsp3) is 0.231. The van der Waals surface area contributed by atoms with Gasteiger partial charge in [-0.1, -0.05) is 30.3 Å². The molecule has 1 aromatic heterocycles. The van der Waals surface area contributed by atoms with Gasteiger partial charge in [-0.2, -0.15) is 14.6 Å². The number of ether oxygens (including phenoxy) is 1. The zero-order valence-electron chi connectivity index (χ0n) is 18.5. The van der Waals surface area contributed by atoms with Crippen molar-refractivity contribution in [3.05, 3.63) is 93.4 Å². The van der Waals surface area contributed by atoms with E-state index in [4.69, 9.17) is 4.74 Å². The Balaban J connectivity index is 1.45. The summed E-state index contributed by atoms with van der Waals surface area (Å²) in [4.78, 5) is 12.5. The predicted molar refractivity (Wildman–Crippen MR) is 124 cm³/mol. The number of nitrogens with zero attached hydrogens (tertiary/aromatic N) is 5. The average molecular weight is 438 g/mol. The molecule has 164 valence electrons. The van der Waals surface area contributed by atoms with Crippen LogP contribution in [-0.4, -0.2) is 19.8 Å². The van der Waals surface area contributed by atoms with Crippen molar-refractivity contribution in [3.63, 3.8) is 0 Å². The summed E-state index contributed by atoms with van der Waals surface area (Å²) in [5.74, 6) is 1.27. The van der Waals surface area contributed by atoms with Crippen LogP contribution in [0.15, 0.2) is 65.5 Å². The number of rotatable bonds is 6. The monoisotopic (exact) mass is 437 g/mol. The van der Waals surface area contributed by atoms with E-state index in [0.29, 0.717) is 23.8 Å². The first-order valence-corrected chi connectivity index (χ1v) is 10.9. The van der Waals surface area contributed by atoms with Gasteiger partial charge in [0.2, 0.25) is 0 Å². The van der Waals surface area contributed by atoms with Crippen molar-refractivity contribution in [2.45, 2.75) is 32.3 Å². The first-order chi connectivity index (χ1) is 16.0. The summed E-state index contributed by atoms with van der Waals surface area (Å²) >= 11 is 0. The zero-order chi connectivity index (χ0) is 22.9. The third kappa shape index (κ3) is 4.03. The molecule has 0 saturated heterocycles. The first kappa shape index (κ1) is 20.7. The molecule has 7 nitrogen and oxygen atoms in total. The topological polar surface area (TPSA) is 85.7 Å². The Hall–Kier alpha value is -4.18. The van der Waals surface area contributed by atoms with Gasteiger partial charge in [0.05, 0.1) is 17.3 Å². The van der Waals surface area contributed by atoms with Crippen LogP contribution >= 0.6 is 0 Å². The molecule has 1 fully saturated rings. The largest absolute Gasteiger partial charge is 0.489 e. The second kappa shape index (κ2) is 8.40. The fourth-order valence-corrected chi connectivity index (χ4v) is 4.10. The predicted octanol–water partition coefficient (Wildman–Crippen LogP) is 4.27. The number of hydrogen-bond acceptors (Lipinski definition) is 5. The van der Waals surface area contributed by atoms with Gasteiger partial charge in [0, 0.05) is 12.6 Å². The van der Waals surface area contributed by atoms with Gasteiger partial charge in [0.15, 0.2) is 0 Å². The highest BCUT2D eigenvalue weighted by molar-refractivity contribution is 5.67. The lowest BCUT2D eigenvalue weighted by Gasteiger charge is -2.16. The van der Waals surface area contributed by atoms with E-state index < -0.39 is 0 Å². The van der Waals surface area contributed by atoms with Crippen molar-refractivity contribution < 1.29 is 4.74 Å². The van der Waals surface area contributed by atoms with Gasteiger partial charge in [0.25, 0.3) is 0 Å². The number of benzene rings is 3. The smallest absolute Gasteiger partial charge is 0.368 e. The molecule has 0 amide bonds. The molecule has 0 aliphatic heterocycles. The van der Waals surface area contributed by atoms with E-state index in [2.05, 4.69) is 28.6 Å². The van der Waals surface area contributed by atoms with E-state index in [1.54, 1.807) is 13.1 Å². The average Bonchev–Trinajstić information content (AvgIpc) is 3.63. The van der Waals surface area contributed by atoms with Gasteiger partial charge in [-0.25, -0.2) is 4.79 Å². The molecule has 0 spiro atoms. The van der Waals surface area contributed by atoms with E-state index in [9.17, 15) is 10.1 Å². The van der Waals surface area contributed by atoms with Crippen molar-refractivity contribution in [2.75, 3.05) is 0 Å². The van der Waals surface area contributed by atoms with Gasteiger partial charge in [-0.05, 0) is 88.7 Å². The third-order valence-electron chi connectivity index (χ3n) is 6.03. The molecule has 7 heteroatoms. The van der Waals surface area contributed by atoms with Gasteiger partial charge in [-0.15, -0.1) is 0 Å². The van der Waals surface area contributed by atoms with Crippen molar-refractivity contribution in [2.24, 2.45) is 7.05 Å². The molecule has 0 bridgehead atoms. The van der Waals surface area contributed by atoms with Gasteiger partial charge < -0.3 is 4.74 Å². The lowest BCUT2D eigenvalue weighted by molar-refractivity contribution is 0.302. The molecule has 1 aliphatic rings. The molecular weight excluding hydrogens is 414 g/mol. The number of nitriles is 1. The highest BCUT2D eigenvalue weighted by Gasteiger charge is 2.28. The van der Waals surface area contributed by atoms with E-state index in [0.717, 1.165) is 40.8 Å². The summed E-state index contributed by atoms with van der Waals surface area (Å²) < 4.78 is 8.82. The Morgan fingerprint density at radius 1 is 1.06 bits per heavy atom. The molecule has 0 radical (unpaired) electrons. The minimum Gasteiger partial charge on any atom is -0.489 e. The molecule has 33 heavy (non-hydrogen) atoms. The van der Waals surface area contributed by atoms with Crippen LogP contribution in [-0.2, 0) is 13.7 Å². The first-order valence-electron chi connectivity index (χ1n) is 10.9. The number of aromatic nitrogens is 4. The van der Waals surface area contributed by atoms with Crippen LogP contribution in [0.1, 0.15) is 41.0 Å². The Bertz CT molecular complexity index is 1440. The van der Waals surface area contributed by atoms with Gasteiger partial charge >= 0.3 is 5.69 Å². The van der Waals surface area contributed by atoms with Crippen LogP contribution in [0.25, 0.3) is 16.8 Å². The minimum absolute atomic E-state index is 0.288. The van der Waals surface area contributed by atoms with Crippen molar-refractivity contribution in [3.8, 4) is 28.6 Å². The highest BCUT2D eigenvalue weighted by atomic mass is 16.5. The van der Waals surface area contributed by atoms with Crippen LogP contribution < -0.4 is 10.4 Å². The van der Waals surface area contributed by atoms with E-state index in [1.807, 2.05) is 49.4 Å². The molecule has 0 atom stereocenters. The molecule has 1 heterocycles. The summed E-state index contributed by atoms with van der Waals surface area (Å²) in [5.41, 5.74) is 6.24. The lowest BCUT2D eigenvalue weighted by atomic mass is 10.0. The Labute approximate surface area is 191 Å². The van der Waals surface area contributed by atoms with Crippen molar-refractivity contribution in [1.82, 2.24) is 19.8 Å². The summed E-state index contributed by atoms with van der Waals surface area (Å²) in [6, 6.07) is 21.7. The number of hydrogen-bond donors (Lipinski definition) is 0. The maximum Gasteiger partial charge on any atom is 0.368 e. The van der Waals surface area contributed by atoms with Crippen LogP contribution in [0.4, 0.5) is 0 Å². The molecule has 4 aromatic rings. The summed E-state index contributed by atoms with van der Waals surface area (Å²) in [6.45, 7) is 2.34. The molecule has 5 rings (SSSR count).